The van der Waals surface area contributed by atoms with Gasteiger partial charge in [-0.1, -0.05) is 35.1 Å². The van der Waals surface area contributed by atoms with E-state index in [-0.39, 0.29) is 11.2 Å². The highest BCUT2D eigenvalue weighted by molar-refractivity contribution is 7.15. The van der Waals surface area contributed by atoms with E-state index in [1.165, 1.54) is 16.2 Å². The number of hydrogen-bond acceptors (Lipinski definition) is 7. The summed E-state index contributed by atoms with van der Waals surface area (Å²) < 4.78 is 11.3. The summed E-state index contributed by atoms with van der Waals surface area (Å²) in [6.07, 6.45) is 0. The molecular formula is C22H17N3O4S. The van der Waals surface area contributed by atoms with E-state index in [0.717, 1.165) is 16.1 Å². The number of carbonyl (C=O) groups excluding carboxylic acids is 1. The van der Waals surface area contributed by atoms with E-state index in [0.29, 0.717) is 27.4 Å². The number of ether oxygens (including phenoxy) is 1. The second kappa shape index (κ2) is 6.77. The predicted octanol–water partition coefficient (Wildman–Crippen LogP) is 4.02. The van der Waals surface area contributed by atoms with Gasteiger partial charge >= 0.3 is 0 Å². The molecule has 1 aliphatic rings. The number of rotatable bonds is 3. The zero-order chi connectivity index (χ0) is 21.0. The molecule has 2 aromatic carbocycles. The molecule has 0 saturated carbocycles. The van der Waals surface area contributed by atoms with Crippen LogP contribution in [-0.2, 0) is 0 Å². The Bertz CT molecular complexity index is 1370. The molecule has 3 heterocycles. The summed E-state index contributed by atoms with van der Waals surface area (Å²) in [5.74, 6) is 0.258. The fourth-order valence-electron chi connectivity index (χ4n) is 3.79. The first-order chi connectivity index (χ1) is 14.5. The standard InChI is InChI=1S/C22H17N3O4S/c1-11-7-8-16-15(9-11)19(26)17-18(13-5-4-6-14(10-13)28-3)25(21(27)20(17)29-16)22-24-23-12(2)30-22/h4-10,18H,1-3H3/t18-/m0/s1. The van der Waals surface area contributed by atoms with Crippen LogP contribution in [0.5, 0.6) is 5.75 Å². The molecule has 1 amide bonds. The number of anilines is 1. The third-order valence-corrected chi connectivity index (χ3v) is 5.99. The first-order valence-electron chi connectivity index (χ1n) is 9.33. The third kappa shape index (κ3) is 2.72. The van der Waals surface area contributed by atoms with Gasteiger partial charge in [-0.05, 0) is 43.7 Å². The fourth-order valence-corrected chi connectivity index (χ4v) is 4.51. The minimum Gasteiger partial charge on any atom is -0.497 e. The highest BCUT2D eigenvalue weighted by Gasteiger charge is 2.45. The van der Waals surface area contributed by atoms with Gasteiger partial charge in [0.05, 0.1) is 24.1 Å². The summed E-state index contributed by atoms with van der Waals surface area (Å²) in [5, 5.41) is 9.79. The lowest BCUT2D eigenvalue weighted by molar-refractivity contribution is 0.0970. The zero-order valence-electron chi connectivity index (χ0n) is 16.5. The molecule has 0 saturated heterocycles. The number of aryl methyl sites for hydroxylation is 2. The fraction of sp³-hybridized carbons (Fsp3) is 0.182. The highest BCUT2D eigenvalue weighted by atomic mass is 32.1. The molecule has 0 spiro atoms. The van der Waals surface area contributed by atoms with Crippen LogP contribution < -0.4 is 15.1 Å². The Balaban J connectivity index is 1.83. The Morgan fingerprint density at radius 3 is 2.67 bits per heavy atom. The van der Waals surface area contributed by atoms with Crippen LogP contribution in [0.15, 0.2) is 51.7 Å². The molecule has 0 bridgehead atoms. The van der Waals surface area contributed by atoms with Gasteiger partial charge in [-0.15, -0.1) is 10.2 Å². The molecule has 5 rings (SSSR count). The second-order valence-corrected chi connectivity index (χ2v) is 8.29. The van der Waals surface area contributed by atoms with Gasteiger partial charge in [-0.3, -0.25) is 14.5 Å². The van der Waals surface area contributed by atoms with Crippen molar-refractivity contribution in [2.45, 2.75) is 19.9 Å². The summed E-state index contributed by atoms with van der Waals surface area (Å²) >= 11 is 1.29. The van der Waals surface area contributed by atoms with E-state index in [1.807, 2.05) is 44.2 Å². The molecule has 0 N–H and O–H groups in total. The van der Waals surface area contributed by atoms with Crippen LogP contribution in [0, 0.1) is 13.8 Å². The average molecular weight is 419 g/mol. The van der Waals surface area contributed by atoms with Gasteiger partial charge in [0.15, 0.2) is 5.43 Å². The average Bonchev–Trinajstić information content (AvgIpc) is 3.30. The van der Waals surface area contributed by atoms with E-state index in [9.17, 15) is 9.59 Å². The van der Waals surface area contributed by atoms with Crippen LogP contribution in [0.1, 0.15) is 38.3 Å². The van der Waals surface area contributed by atoms with Gasteiger partial charge < -0.3 is 9.15 Å². The van der Waals surface area contributed by atoms with Gasteiger partial charge in [0.1, 0.15) is 16.3 Å². The topological polar surface area (TPSA) is 85.5 Å². The van der Waals surface area contributed by atoms with Crippen molar-refractivity contribution in [2.75, 3.05) is 12.0 Å². The molecule has 0 fully saturated rings. The highest BCUT2D eigenvalue weighted by Crippen LogP contribution is 2.42. The van der Waals surface area contributed by atoms with Crippen molar-refractivity contribution >= 4 is 33.3 Å². The number of carbonyl (C=O) groups is 1. The molecule has 30 heavy (non-hydrogen) atoms. The number of fused-ring (bicyclic) bond motifs is 2. The maximum atomic E-state index is 13.5. The maximum absolute atomic E-state index is 13.5. The summed E-state index contributed by atoms with van der Waals surface area (Å²) in [4.78, 5) is 28.4. The van der Waals surface area contributed by atoms with Crippen molar-refractivity contribution in [3.8, 4) is 5.75 Å². The molecule has 0 aliphatic carbocycles. The van der Waals surface area contributed by atoms with Gasteiger partial charge in [0, 0.05) is 0 Å². The number of benzene rings is 2. The van der Waals surface area contributed by atoms with Crippen LogP contribution in [0.3, 0.4) is 0 Å². The quantitative estimate of drug-likeness (QED) is 0.499. The smallest absolute Gasteiger partial charge is 0.297 e. The minimum absolute atomic E-state index is 0.0389. The third-order valence-electron chi connectivity index (χ3n) is 5.16. The molecule has 7 nitrogen and oxygen atoms in total. The van der Waals surface area contributed by atoms with Crippen LogP contribution >= 0.6 is 11.3 Å². The van der Waals surface area contributed by atoms with Crippen molar-refractivity contribution in [1.29, 1.82) is 0 Å². The van der Waals surface area contributed by atoms with Crippen LogP contribution in [0.2, 0.25) is 0 Å². The Hall–Kier alpha value is -3.52. The van der Waals surface area contributed by atoms with Gasteiger partial charge in [0.25, 0.3) is 5.91 Å². The first kappa shape index (κ1) is 18.5. The molecule has 1 atom stereocenters. The molecule has 150 valence electrons. The van der Waals surface area contributed by atoms with Crippen LogP contribution in [0.4, 0.5) is 5.13 Å². The van der Waals surface area contributed by atoms with Crippen molar-refractivity contribution in [3.63, 3.8) is 0 Å². The number of amides is 1. The van der Waals surface area contributed by atoms with E-state index >= 15 is 0 Å². The molecule has 2 aromatic heterocycles. The number of aromatic nitrogens is 2. The largest absolute Gasteiger partial charge is 0.497 e. The van der Waals surface area contributed by atoms with Crippen molar-refractivity contribution in [2.24, 2.45) is 0 Å². The molecule has 0 radical (unpaired) electrons. The molecule has 0 unspecified atom stereocenters. The zero-order valence-corrected chi connectivity index (χ0v) is 17.3. The van der Waals surface area contributed by atoms with Crippen molar-refractivity contribution in [3.05, 3.63) is 80.1 Å². The molecular weight excluding hydrogens is 402 g/mol. The first-order valence-corrected chi connectivity index (χ1v) is 10.1. The Morgan fingerprint density at radius 2 is 1.93 bits per heavy atom. The molecule has 8 heteroatoms. The maximum Gasteiger partial charge on any atom is 0.297 e. The van der Waals surface area contributed by atoms with Gasteiger partial charge in [-0.2, -0.15) is 0 Å². The summed E-state index contributed by atoms with van der Waals surface area (Å²) in [6, 6.07) is 12.0. The SMILES string of the molecule is COc1cccc([C@H]2c3c(oc4ccc(C)cc4c3=O)C(=O)N2c2nnc(C)s2)c1. The Labute approximate surface area is 175 Å². The van der Waals surface area contributed by atoms with E-state index in [1.54, 1.807) is 19.2 Å². The lowest BCUT2D eigenvalue weighted by Crippen LogP contribution is -2.29. The monoisotopic (exact) mass is 419 g/mol. The lowest BCUT2D eigenvalue weighted by Gasteiger charge is -2.22. The Kier molecular flexibility index (Phi) is 4.18. The Morgan fingerprint density at radius 1 is 1.10 bits per heavy atom. The lowest BCUT2D eigenvalue weighted by atomic mass is 9.98. The minimum atomic E-state index is -0.684. The van der Waals surface area contributed by atoms with Crippen LogP contribution in [0.25, 0.3) is 11.0 Å². The van der Waals surface area contributed by atoms with Crippen molar-refractivity contribution < 1.29 is 13.9 Å². The number of methoxy groups -OCH3 is 1. The van der Waals surface area contributed by atoms with Crippen LogP contribution in [-0.4, -0.2) is 23.2 Å². The van der Waals surface area contributed by atoms with Gasteiger partial charge in [-0.25, -0.2) is 0 Å². The van der Waals surface area contributed by atoms with E-state index in [4.69, 9.17) is 9.15 Å². The second-order valence-electron chi connectivity index (χ2n) is 7.13. The van der Waals surface area contributed by atoms with Crippen molar-refractivity contribution in [1.82, 2.24) is 10.2 Å². The van der Waals surface area contributed by atoms with E-state index in [2.05, 4.69) is 10.2 Å². The summed E-state index contributed by atoms with van der Waals surface area (Å²) in [5.41, 5.74) is 2.14. The summed E-state index contributed by atoms with van der Waals surface area (Å²) in [7, 11) is 1.57. The number of hydrogen-bond donors (Lipinski definition) is 0. The predicted molar refractivity (Wildman–Crippen MR) is 114 cm³/mol. The van der Waals surface area contributed by atoms with E-state index < -0.39 is 11.9 Å². The molecule has 4 aromatic rings. The number of nitrogens with zero attached hydrogens (tertiary/aromatic N) is 3. The van der Waals surface area contributed by atoms with Gasteiger partial charge in [0.2, 0.25) is 10.9 Å². The summed E-state index contributed by atoms with van der Waals surface area (Å²) in [6.45, 7) is 3.73. The normalized spacial score (nSPS) is 15.6. The molecule has 1 aliphatic heterocycles.